The third kappa shape index (κ3) is 3.92. The van der Waals surface area contributed by atoms with Gasteiger partial charge in [0.1, 0.15) is 0 Å². The van der Waals surface area contributed by atoms with Crippen LogP contribution in [0.15, 0.2) is 24.4 Å². The molecule has 0 radical (unpaired) electrons. The number of allylic oxidation sites excluding steroid dienone is 1. The van der Waals surface area contributed by atoms with E-state index in [1.54, 1.807) is 18.3 Å². The van der Waals surface area contributed by atoms with Crippen molar-refractivity contribution in [2.24, 2.45) is 0 Å². The van der Waals surface area contributed by atoms with Crippen molar-refractivity contribution in [3.63, 3.8) is 0 Å². The zero-order chi connectivity index (χ0) is 11.3. The Morgan fingerprint density at radius 1 is 1.27 bits per heavy atom. The molecule has 5 heteroatoms. The van der Waals surface area contributed by atoms with Gasteiger partial charge in [0.05, 0.1) is 7.11 Å². The minimum absolute atomic E-state index is 0.535. The highest BCUT2D eigenvalue weighted by atomic mass is 35.5. The Kier molecular flexibility index (Phi) is 5.26. The molecule has 2 nitrogen and oxygen atoms in total. The summed E-state index contributed by atoms with van der Waals surface area (Å²) in [5, 5.41) is 1.66. The Bertz CT molecular complexity index is 343. The fraction of sp³-hybridized carbons (Fsp3) is 0.200. The van der Waals surface area contributed by atoms with Crippen molar-refractivity contribution in [1.29, 1.82) is 0 Å². The fourth-order valence-corrected chi connectivity index (χ4v) is 2.03. The lowest BCUT2D eigenvalue weighted by atomic mass is 10.1. The summed E-state index contributed by atoms with van der Waals surface area (Å²) in [5.74, 6) is 0. The van der Waals surface area contributed by atoms with E-state index in [1.165, 1.54) is 7.11 Å². The first-order valence-electron chi connectivity index (χ1n) is 4.22. The van der Waals surface area contributed by atoms with Gasteiger partial charge in [-0.05, 0) is 24.1 Å². The average Bonchev–Trinajstić information content (AvgIpc) is 2.15. The maximum atomic E-state index is 5.99. The molecule has 15 heavy (non-hydrogen) atoms. The normalized spacial score (nSPS) is 10.9. The molecule has 0 heterocycles. The maximum absolute atomic E-state index is 5.99. The van der Waals surface area contributed by atoms with Crippen molar-refractivity contribution in [2.45, 2.75) is 6.42 Å². The van der Waals surface area contributed by atoms with Crippen LogP contribution in [0.1, 0.15) is 5.56 Å². The van der Waals surface area contributed by atoms with E-state index in [2.05, 4.69) is 10.3 Å². The van der Waals surface area contributed by atoms with Gasteiger partial charge in [0, 0.05) is 21.3 Å². The quantitative estimate of drug-likeness (QED) is 0.836. The predicted molar refractivity (Wildman–Crippen MR) is 64.5 cm³/mol. The highest BCUT2D eigenvalue weighted by molar-refractivity contribution is 6.39. The number of hydrogen-bond acceptors (Lipinski definition) is 2. The summed E-state index contributed by atoms with van der Waals surface area (Å²) >= 11 is 17.8. The Hall–Kier alpha value is -0.410. The molecule has 0 amide bonds. The molecule has 0 aliphatic carbocycles. The highest BCUT2D eigenvalue weighted by Gasteiger charge is 2.05. The third-order valence-electron chi connectivity index (χ3n) is 1.73. The standard InChI is InChI=1S/C10H10Cl3NO/c1-15-14-4-2-3-8-9(12)5-7(11)6-10(8)13/h2,4-6,14H,3H2,1H3. The van der Waals surface area contributed by atoms with Gasteiger partial charge in [0.15, 0.2) is 0 Å². The van der Waals surface area contributed by atoms with Crippen LogP contribution in [0.25, 0.3) is 0 Å². The van der Waals surface area contributed by atoms with E-state index in [9.17, 15) is 0 Å². The largest absolute Gasteiger partial charge is 0.280 e. The van der Waals surface area contributed by atoms with E-state index in [0.29, 0.717) is 21.5 Å². The third-order valence-corrected chi connectivity index (χ3v) is 2.62. The first kappa shape index (κ1) is 12.7. The molecule has 0 spiro atoms. The van der Waals surface area contributed by atoms with Crippen LogP contribution in [-0.2, 0) is 11.3 Å². The first-order chi connectivity index (χ1) is 7.15. The Balaban J connectivity index is 2.77. The molecule has 0 atom stereocenters. The lowest BCUT2D eigenvalue weighted by Crippen LogP contribution is -2.00. The predicted octanol–water partition coefficient (Wildman–Crippen LogP) is 3.85. The lowest BCUT2D eigenvalue weighted by molar-refractivity contribution is 0.128. The van der Waals surface area contributed by atoms with Crippen LogP contribution in [0.4, 0.5) is 0 Å². The summed E-state index contributed by atoms with van der Waals surface area (Å²) in [7, 11) is 1.53. The van der Waals surface area contributed by atoms with Crippen LogP contribution < -0.4 is 5.48 Å². The van der Waals surface area contributed by atoms with Crippen LogP contribution in [0.3, 0.4) is 0 Å². The van der Waals surface area contributed by atoms with Crippen molar-refractivity contribution in [2.75, 3.05) is 7.11 Å². The lowest BCUT2D eigenvalue weighted by Gasteiger charge is -2.04. The van der Waals surface area contributed by atoms with Gasteiger partial charge >= 0.3 is 0 Å². The zero-order valence-electron chi connectivity index (χ0n) is 8.06. The van der Waals surface area contributed by atoms with E-state index in [4.69, 9.17) is 34.8 Å². The number of benzene rings is 1. The van der Waals surface area contributed by atoms with Gasteiger partial charge in [-0.15, -0.1) is 0 Å². The number of nitrogens with one attached hydrogen (secondary N) is 1. The Morgan fingerprint density at radius 3 is 2.40 bits per heavy atom. The summed E-state index contributed by atoms with van der Waals surface area (Å²) in [5.41, 5.74) is 3.42. The van der Waals surface area contributed by atoms with Gasteiger partial charge in [-0.25, -0.2) is 0 Å². The van der Waals surface area contributed by atoms with Crippen LogP contribution in [0, 0.1) is 0 Å². The SMILES string of the molecule is CONC=CCc1c(Cl)cc(Cl)cc1Cl. The summed E-state index contributed by atoms with van der Waals surface area (Å²) in [6, 6.07) is 3.34. The fourth-order valence-electron chi connectivity index (χ4n) is 1.06. The van der Waals surface area contributed by atoms with Crippen molar-refractivity contribution in [3.8, 4) is 0 Å². The number of hydrogen-bond donors (Lipinski definition) is 1. The molecule has 0 saturated heterocycles. The van der Waals surface area contributed by atoms with E-state index >= 15 is 0 Å². The monoisotopic (exact) mass is 265 g/mol. The molecule has 1 N–H and O–H groups in total. The second-order valence-electron chi connectivity index (χ2n) is 2.78. The van der Waals surface area contributed by atoms with Gasteiger partial charge in [0.2, 0.25) is 0 Å². The zero-order valence-corrected chi connectivity index (χ0v) is 10.3. The molecule has 0 aliphatic heterocycles. The molecule has 0 bridgehead atoms. The van der Waals surface area contributed by atoms with Crippen LogP contribution in [0.2, 0.25) is 15.1 Å². The topological polar surface area (TPSA) is 21.3 Å². The van der Waals surface area contributed by atoms with Crippen molar-refractivity contribution in [1.82, 2.24) is 5.48 Å². The molecule has 1 rings (SSSR count). The summed E-state index contributed by atoms with van der Waals surface area (Å²) in [6.07, 6.45) is 4.14. The van der Waals surface area contributed by atoms with Gasteiger partial charge in [-0.1, -0.05) is 40.9 Å². The molecule has 1 aromatic rings. The van der Waals surface area contributed by atoms with Crippen molar-refractivity contribution >= 4 is 34.8 Å². The first-order valence-corrected chi connectivity index (χ1v) is 5.35. The van der Waals surface area contributed by atoms with Crippen LogP contribution >= 0.6 is 34.8 Å². The number of hydroxylamine groups is 1. The average molecular weight is 267 g/mol. The molecule has 0 unspecified atom stereocenters. The highest BCUT2D eigenvalue weighted by Crippen LogP contribution is 2.29. The van der Waals surface area contributed by atoms with E-state index in [-0.39, 0.29) is 0 Å². The minimum atomic E-state index is 0.535. The second kappa shape index (κ2) is 6.23. The van der Waals surface area contributed by atoms with E-state index in [1.807, 2.05) is 6.08 Å². The Morgan fingerprint density at radius 2 is 1.87 bits per heavy atom. The van der Waals surface area contributed by atoms with Gasteiger partial charge in [0.25, 0.3) is 0 Å². The molecule has 0 fully saturated rings. The van der Waals surface area contributed by atoms with Gasteiger partial charge < -0.3 is 0 Å². The summed E-state index contributed by atoms with van der Waals surface area (Å²) in [6.45, 7) is 0. The summed E-state index contributed by atoms with van der Waals surface area (Å²) in [4.78, 5) is 4.64. The van der Waals surface area contributed by atoms with Crippen LogP contribution in [-0.4, -0.2) is 7.11 Å². The number of halogens is 3. The molecule has 82 valence electrons. The molecule has 0 aromatic heterocycles. The molecule has 0 aliphatic rings. The van der Waals surface area contributed by atoms with E-state index in [0.717, 1.165) is 5.56 Å². The van der Waals surface area contributed by atoms with Crippen LogP contribution in [0.5, 0.6) is 0 Å². The minimum Gasteiger partial charge on any atom is -0.280 e. The van der Waals surface area contributed by atoms with Crippen molar-refractivity contribution < 1.29 is 4.84 Å². The molecule has 1 aromatic carbocycles. The summed E-state index contributed by atoms with van der Waals surface area (Å²) < 4.78 is 0. The maximum Gasteiger partial charge on any atom is 0.0636 e. The Labute approximate surface area is 104 Å². The molecular weight excluding hydrogens is 256 g/mol. The van der Waals surface area contributed by atoms with Gasteiger partial charge in [-0.2, -0.15) is 0 Å². The molecular formula is C10H10Cl3NO. The smallest absolute Gasteiger partial charge is 0.0636 e. The second-order valence-corrected chi connectivity index (χ2v) is 4.03. The number of rotatable bonds is 4. The van der Waals surface area contributed by atoms with E-state index < -0.39 is 0 Å². The molecule has 0 saturated carbocycles. The van der Waals surface area contributed by atoms with Gasteiger partial charge in [-0.3, -0.25) is 10.3 Å². The van der Waals surface area contributed by atoms with Crippen molar-refractivity contribution in [3.05, 3.63) is 45.0 Å².